The lowest BCUT2D eigenvalue weighted by molar-refractivity contribution is -0.120. The maximum absolute atomic E-state index is 12.3. The van der Waals surface area contributed by atoms with E-state index < -0.39 is 0 Å². The minimum Gasteiger partial charge on any atom is -0.353 e. The molecule has 1 heterocycles. The first-order valence-corrected chi connectivity index (χ1v) is 9.32. The molecule has 0 atom stereocenters. The van der Waals surface area contributed by atoms with E-state index in [1.165, 1.54) is 24.8 Å². The van der Waals surface area contributed by atoms with Crippen molar-refractivity contribution in [3.05, 3.63) is 54.2 Å². The van der Waals surface area contributed by atoms with Gasteiger partial charge in [0.15, 0.2) is 0 Å². The first-order chi connectivity index (χ1) is 12.3. The molecule has 1 aromatic carbocycles. The van der Waals surface area contributed by atoms with Gasteiger partial charge in [-0.2, -0.15) is 0 Å². The van der Waals surface area contributed by atoms with Gasteiger partial charge in [-0.15, -0.1) is 0 Å². The second-order valence-corrected chi connectivity index (χ2v) is 6.73. The molecule has 4 nitrogen and oxygen atoms in total. The Balaban J connectivity index is 1.61. The highest BCUT2D eigenvalue weighted by Gasteiger charge is 2.21. The van der Waals surface area contributed by atoms with Crippen molar-refractivity contribution in [1.82, 2.24) is 4.98 Å². The molecule has 3 rings (SSSR count). The van der Waals surface area contributed by atoms with Gasteiger partial charge in [-0.25, -0.2) is 4.98 Å². The molecule has 1 aliphatic carbocycles. The standard InChI is InChI=1S/C21H27N3O/c1-2-24(16-17-9-5-3-6-10-17)20-14-13-19(15-22-20)23-21(25)18-11-7-4-8-12-18/h3,5-6,9-10,13-15,18H,2,4,7-8,11-12,16H2,1H3,(H,23,25). The zero-order chi connectivity index (χ0) is 17.5. The minimum absolute atomic E-state index is 0.144. The number of aromatic nitrogens is 1. The lowest BCUT2D eigenvalue weighted by Gasteiger charge is -2.23. The average molecular weight is 337 g/mol. The van der Waals surface area contributed by atoms with Gasteiger partial charge in [0, 0.05) is 19.0 Å². The quantitative estimate of drug-likeness (QED) is 0.836. The molecular formula is C21H27N3O. The van der Waals surface area contributed by atoms with Crippen molar-refractivity contribution >= 4 is 17.4 Å². The molecule has 1 saturated carbocycles. The summed E-state index contributed by atoms with van der Waals surface area (Å²) in [6.45, 7) is 3.84. The van der Waals surface area contributed by atoms with Gasteiger partial charge >= 0.3 is 0 Å². The van der Waals surface area contributed by atoms with E-state index in [9.17, 15) is 4.79 Å². The number of benzene rings is 1. The Labute approximate surface area is 150 Å². The Kier molecular flexibility index (Phi) is 6.04. The van der Waals surface area contributed by atoms with Gasteiger partial charge in [0.05, 0.1) is 11.9 Å². The SMILES string of the molecule is CCN(Cc1ccccc1)c1ccc(NC(=O)C2CCCCC2)cn1. The second-order valence-electron chi connectivity index (χ2n) is 6.73. The fraction of sp³-hybridized carbons (Fsp3) is 0.429. The summed E-state index contributed by atoms with van der Waals surface area (Å²) in [5.74, 6) is 1.24. The monoisotopic (exact) mass is 337 g/mol. The Bertz CT molecular complexity index is 663. The van der Waals surface area contributed by atoms with Crippen LogP contribution in [-0.2, 0) is 11.3 Å². The average Bonchev–Trinajstić information content (AvgIpc) is 2.68. The largest absolute Gasteiger partial charge is 0.353 e. The number of anilines is 2. The maximum atomic E-state index is 12.3. The van der Waals surface area contributed by atoms with Crippen molar-refractivity contribution in [3.8, 4) is 0 Å². The Morgan fingerprint density at radius 2 is 1.88 bits per heavy atom. The number of hydrogen-bond donors (Lipinski definition) is 1. The maximum Gasteiger partial charge on any atom is 0.227 e. The molecule has 0 aliphatic heterocycles. The van der Waals surface area contributed by atoms with Crippen LogP contribution >= 0.6 is 0 Å². The van der Waals surface area contributed by atoms with E-state index in [1.54, 1.807) is 6.20 Å². The van der Waals surface area contributed by atoms with Gasteiger partial charge in [0.2, 0.25) is 5.91 Å². The molecule has 1 aliphatic rings. The van der Waals surface area contributed by atoms with E-state index in [4.69, 9.17) is 0 Å². The second kappa shape index (κ2) is 8.65. The molecule has 1 N–H and O–H groups in total. The summed E-state index contributed by atoms with van der Waals surface area (Å²) < 4.78 is 0. The molecule has 0 radical (unpaired) electrons. The molecule has 0 saturated heterocycles. The van der Waals surface area contributed by atoms with Gasteiger partial charge < -0.3 is 10.2 Å². The number of amides is 1. The highest BCUT2D eigenvalue weighted by Crippen LogP contribution is 2.25. The Morgan fingerprint density at radius 3 is 2.52 bits per heavy atom. The molecule has 1 fully saturated rings. The van der Waals surface area contributed by atoms with Gasteiger partial charge in [-0.3, -0.25) is 4.79 Å². The summed E-state index contributed by atoms with van der Waals surface area (Å²) in [4.78, 5) is 19.1. The zero-order valence-electron chi connectivity index (χ0n) is 14.9. The van der Waals surface area contributed by atoms with Gasteiger partial charge in [-0.05, 0) is 37.5 Å². The lowest BCUT2D eigenvalue weighted by atomic mass is 9.88. The van der Waals surface area contributed by atoms with E-state index >= 15 is 0 Å². The molecule has 2 aromatic rings. The third kappa shape index (κ3) is 4.81. The fourth-order valence-corrected chi connectivity index (χ4v) is 3.41. The van der Waals surface area contributed by atoms with Crippen LogP contribution in [0.1, 0.15) is 44.6 Å². The first-order valence-electron chi connectivity index (χ1n) is 9.32. The first kappa shape index (κ1) is 17.5. The predicted octanol–water partition coefficient (Wildman–Crippen LogP) is 4.63. The number of nitrogens with one attached hydrogen (secondary N) is 1. The number of hydrogen-bond acceptors (Lipinski definition) is 3. The number of carbonyl (C=O) groups is 1. The van der Waals surface area contributed by atoms with Gasteiger partial charge in [0.25, 0.3) is 0 Å². The molecule has 1 amide bonds. The summed E-state index contributed by atoms with van der Waals surface area (Å²) in [5, 5.41) is 3.03. The number of carbonyl (C=O) groups excluding carboxylic acids is 1. The van der Waals surface area contributed by atoms with Crippen LogP contribution in [-0.4, -0.2) is 17.4 Å². The van der Waals surface area contributed by atoms with Crippen LogP contribution in [0.3, 0.4) is 0 Å². The van der Waals surface area contributed by atoms with Crippen LogP contribution in [0.25, 0.3) is 0 Å². The van der Waals surface area contributed by atoms with Crippen molar-refractivity contribution in [3.63, 3.8) is 0 Å². The molecule has 25 heavy (non-hydrogen) atoms. The van der Waals surface area contributed by atoms with Crippen molar-refractivity contribution in [2.45, 2.75) is 45.6 Å². The van der Waals surface area contributed by atoms with Crippen LogP contribution in [0.5, 0.6) is 0 Å². The lowest BCUT2D eigenvalue weighted by Crippen LogP contribution is -2.25. The van der Waals surface area contributed by atoms with Crippen molar-refractivity contribution < 1.29 is 4.79 Å². The normalized spacial score (nSPS) is 14.9. The van der Waals surface area contributed by atoms with E-state index in [-0.39, 0.29) is 11.8 Å². The molecule has 0 bridgehead atoms. The highest BCUT2D eigenvalue weighted by atomic mass is 16.1. The molecular weight excluding hydrogens is 310 g/mol. The van der Waals surface area contributed by atoms with Crippen LogP contribution < -0.4 is 10.2 Å². The van der Waals surface area contributed by atoms with Crippen LogP contribution in [0.15, 0.2) is 48.7 Å². The molecule has 132 valence electrons. The zero-order valence-corrected chi connectivity index (χ0v) is 14.9. The highest BCUT2D eigenvalue weighted by molar-refractivity contribution is 5.92. The number of nitrogens with zero attached hydrogens (tertiary/aromatic N) is 2. The van der Waals surface area contributed by atoms with E-state index in [2.05, 4.69) is 46.4 Å². The molecule has 4 heteroatoms. The summed E-state index contributed by atoms with van der Waals surface area (Å²) in [5.41, 5.74) is 2.05. The predicted molar refractivity (Wildman–Crippen MR) is 103 cm³/mol. The molecule has 1 aromatic heterocycles. The molecule has 0 spiro atoms. The fourth-order valence-electron chi connectivity index (χ4n) is 3.41. The van der Waals surface area contributed by atoms with Gasteiger partial charge in [0.1, 0.15) is 5.82 Å². The topological polar surface area (TPSA) is 45.2 Å². The Hall–Kier alpha value is -2.36. The van der Waals surface area contributed by atoms with Crippen molar-refractivity contribution in [1.29, 1.82) is 0 Å². The van der Waals surface area contributed by atoms with Crippen molar-refractivity contribution in [2.24, 2.45) is 5.92 Å². The Morgan fingerprint density at radius 1 is 1.12 bits per heavy atom. The van der Waals surface area contributed by atoms with Crippen LogP contribution in [0.4, 0.5) is 11.5 Å². The smallest absolute Gasteiger partial charge is 0.227 e. The van der Waals surface area contributed by atoms with E-state index in [0.717, 1.165) is 37.4 Å². The van der Waals surface area contributed by atoms with E-state index in [0.29, 0.717) is 0 Å². The summed E-state index contributed by atoms with van der Waals surface area (Å²) in [6.07, 6.45) is 7.38. The molecule has 0 unspecified atom stereocenters. The summed E-state index contributed by atoms with van der Waals surface area (Å²) >= 11 is 0. The number of rotatable bonds is 6. The van der Waals surface area contributed by atoms with Crippen molar-refractivity contribution in [2.75, 3.05) is 16.8 Å². The third-order valence-electron chi connectivity index (χ3n) is 4.91. The minimum atomic E-state index is 0.144. The van der Waals surface area contributed by atoms with E-state index in [1.807, 2.05) is 18.2 Å². The number of pyridine rings is 1. The summed E-state index contributed by atoms with van der Waals surface area (Å²) in [7, 11) is 0. The third-order valence-corrected chi connectivity index (χ3v) is 4.91. The van der Waals surface area contributed by atoms with Gasteiger partial charge in [-0.1, -0.05) is 49.6 Å². The van der Waals surface area contributed by atoms with Crippen LogP contribution in [0, 0.1) is 5.92 Å². The summed E-state index contributed by atoms with van der Waals surface area (Å²) in [6, 6.07) is 14.3. The van der Waals surface area contributed by atoms with Crippen LogP contribution in [0.2, 0.25) is 0 Å².